The summed E-state index contributed by atoms with van der Waals surface area (Å²) in [6.07, 6.45) is 3.75. The Morgan fingerprint density at radius 2 is 1.80 bits per heavy atom. The minimum atomic E-state index is -0.739. The van der Waals surface area contributed by atoms with Crippen molar-refractivity contribution in [3.8, 4) is 0 Å². The number of likely N-dealkylation sites (tertiary alicyclic amines) is 1. The average molecular weight is 538 g/mol. The van der Waals surface area contributed by atoms with Gasteiger partial charge in [0, 0.05) is 40.4 Å². The van der Waals surface area contributed by atoms with Crippen LogP contribution in [0.3, 0.4) is 0 Å². The summed E-state index contributed by atoms with van der Waals surface area (Å²) < 4.78 is 2.17. The Morgan fingerprint density at radius 1 is 1.09 bits per heavy atom. The highest BCUT2D eigenvalue weighted by molar-refractivity contribution is 6.34. The zero-order valence-corrected chi connectivity index (χ0v) is 21.5. The first-order chi connectivity index (χ1) is 16.4. The molecule has 35 heavy (non-hydrogen) atoms. The van der Waals surface area contributed by atoms with E-state index in [-0.39, 0.29) is 24.2 Å². The number of halogens is 3. The lowest BCUT2D eigenvalue weighted by Gasteiger charge is -2.33. The second-order valence-electron chi connectivity index (χ2n) is 9.12. The quantitative estimate of drug-likeness (QED) is 0.519. The zero-order valence-electron chi connectivity index (χ0n) is 19.1. The molecule has 2 aliphatic rings. The first-order valence-corrected chi connectivity index (χ1v) is 12.3. The van der Waals surface area contributed by atoms with Crippen molar-refractivity contribution in [3.05, 3.63) is 63.4 Å². The summed E-state index contributed by atoms with van der Waals surface area (Å²) in [5.74, 6) is -0.959. The van der Waals surface area contributed by atoms with Crippen molar-refractivity contribution in [3.63, 3.8) is 0 Å². The molecule has 0 saturated carbocycles. The van der Waals surface area contributed by atoms with Gasteiger partial charge in [-0.3, -0.25) is 14.5 Å². The number of hydrogen-bond acceptors (Lipinski definition) is 4. The number of aromatic nitrogens is 2. The van der Waals surface area contributed by atoms with Gasteiger partial charge in [-0.1, -0.05) is 23.2 Å². The standard InChI is InChI=1S/C25H26Cl2N4O3.ClH/c26-18-10-16(11-19(27)12-18)13-31-22-14-30(9-5-20(22)21-2-1-6-28-24(21)31)23(32)15-29-7-3-17(4-8-29)25(33)34;/h1-2,6,10-12,17H,3-5,7-9,13-15H2,(H,33,34);1H. The molecular formula is C25H27Cl3N4O3. The lowest BCUT2D eigenvalue weighted by Crippen LogP contribution is -2.45. The number of rotatable bonds is 5. The summed E-state index contributed by atoms with van der Waals surface area (Å²) in [5.41, 5.74) is 4.21. The van der Waals surface area contributed by atoms with E-state index in [1.54, 1.807) is 12.3 Å². The van der Waals surface area contributed by atoms with Crippen LogP contribution in [0, 0.1) is 5.92 Å². The van der Waals surface area contributed by atoms with E-state index in [0.717, 1.165) is 28.7 Å². The highest BCUT2D eigenvalue weighted by atomic mass is 35.5. The molecule has 0 aliphatic carbocycles. The summed E-state index contributed by atoms with van der Waals surface area (Å²) in [5, 5.41) is 11.5. The second kappa shape index (κ2) is 10.7. The Balaban J connectivity index is 0.00000289. The molecule has 0 bridgehead atoms. The molecule has 1 fully saturated rings. The van der Waals surface area contributed by atoms with Crippen LogP contribution < -0.4 is 0 Å². The highest BCUT2D eigenvalue weighted by Crippen LogP contribution is 2.31. The summed E-state index contributed by atoms with van der Waals surface area (Å²) in [6.45, 7) is 3.35. The monoisotopic (exact) mass is 536 g/mol. The third-order valence-electron chi connectivity index (χ3n) is 6.93. The van der Waals surface area contributed by atoms with Gasteiger partial charge < -0.3 is 14.6 Å². The molecule has 0 spiro atoms. The fourth-order valence-electron chi connectivity index (χ4n) is 5.16. The van der Waals surface area contributed by atoms with Gasteiger partial charge in [0.25, 0.3) is 0 Å². The van der Waals surface area contributed by atoms with Gasteiger partial charge in [0.15, 0.2) is 0 Å². The van der Waals surface area contributed by atoms with Crippen molar-refractivity contribution in [2.24, 2.45) is 5.92 Å². The van der Waals surface area contributed by atoms with Gasteiger partial charge in [0.1, 0.15) is 5.65 Å². The zero-order chi connectivity index (χ0) is 23.8. The number of piperidine rings is 1. The Kier molecular flexibility index (Phi) is 7.91. The summed E-state index contributed by atoms with van der Waals surface area (Å²) in [4.78, 5) is 33.0. The number of hydrogen-bond donors (Lipinski definition) is 1. The van der Waals surface area contributed by atoms with E-state index in [9.17, 15) is 14.7 Å². The number of fused-ring (bicyclic) bond motifs is 3. The van der Waals surface area contributed by atoms with Gasteiger partial charge in [0.05, 0.1) is 19.0 Å². The second-order valence-corrected chi connectivity index (χ2v) is 9.99. The molecule has 1 N–H and O–H groups in total. The number of benzene rings is 1. The molecule has 1 aromatic carbocycles. The van der Waals surface area contributed by atoms with Crippen molar-refractivity contribution in [1.82, 2.24) is 19.4 Å². The lowest BCUT2D eigenvalue weighted by atomic mass is 9.97. The van der Waals surface area contributed by atoms with Crippen LogP contribution in [0.4, 0.5) is 0 Å². The van der Waals surface area contributed by atoms with Crippen LogP contribution >= 0.6 is 35.6 Å². The van der Waals surface area contributed by atoms with Crippen LogP contribution in [0.1, 0.15) is 29.7 Å². The van der Waals surface area contributed by atoms with Gasteiger partial charge in [0.2, 0.25) is 5.91 Å². The van der Waals surface area contributed by atoms with Crippen molar-refractivity contribution < 1.29 is 14.7 Å². The summed E-state index contributed by atoms with van der Waals surface area (Å²) >= 11 is 12.5. The molecule has 0 unspecified atom stereocenters. The molecule has 0 atom stereocenters. The summed E-state index contributed by atoms with van der Waals surface area (Å²) in [7, 11) is 0. The topological polar surface area (TPSA) is 78.7 Å². The number of carbonyl (C=O) groups excluding carboxylic acids is 1. The molecule has 2 aromatic heterocycles. The molecule has 2 aliphatic heterocycles. The van der Waals surface area contributed by atoms with Crippen LogP contribution in [0.15, 0.2) is 36.5 Å². The molecular weight excluding hydrogens is 511 g/mol. The van der Waals surface area contributed by atoms with E-state index < -0.39 is 5.97 Å². The maximum Gasteiger partial charge on any atom is 0.306 e. The predicted molar refractivity (Wildman–Crippen MR) is 138 cm³/mol. The van der Waals surface area contributed by atoms with Crippen molar-refractivity contribution in [2.45, 2.75) is 32.4 Å². The Labute approximate surface area is 220 Å². The van der Waals surface area contributed by atoms with Gasteiger partial charge in [-0.05, 0) is 73.8 Å². The van der Waals surface area contributed by atoms with Crippen molar-refractivity contribution in [1.29, 1.82) is 0 Å². The van der Waals surface area contributed by atoms with Crippen LogP contribution in [-0.2, 0) is 29.1 Å². The number of carboxylic acids is 1. The molecule has 186 valence electrons. The van der Waals surface area contributed by atoms with Crippen LogP contribution in [-0.4, -0.2) is 62.5 Å². The minimum Gasteiger partial charge on any atom is -0.481 e. The minimum absolute atomic E-state index is 0. The normalized spacial score (nSPS) is 16.7. The number of carbonyl (C=O) groups is 2. The molecule has 0 radical (unpaired) electrons. The van der Waals surface area contributed by atoms with E-state index in [0.29, 0.717) is 62.2 Å². The molecule has 3 aromatic rings. The molecule has 10 heteroatoms. The van der Waals surface area contributed by atoms with Gasteiger partial charge in [-0.15, -0.1) is 12.4 Å². The smallest absolute Gasteiger partial charge is 0.306 e. The van der Waals surface area contributed by atoms with Crippen LogP contribution in [0.2, 0.25) is 10.0 Å². The molecule has 4 heterocycles. The van der Waals surface area contributed by atoms with E-state index >= 15 is 0 Å². The molecule has 7 nitrogen and oxygen atoms in total. The van der Waals surface area contributed by atoms with Gasteiger partial charge in [-0.2, -0.15) is 0 Å². The average Bonchev–Trinajstić information content (AvgIpc) is 3.12. The largest absolute Gasteiger partial charge is 0.481 e. The first kappa shape index (κ1) is 25.8. The third kappa shape index (κ3) is 5.43. The van der Waals surface area contributed by atoms with Gasteiger partial charge >= 0.3 is 5.97 Å². The van der Waals surface area contributed by atoms with Crippen LogP contribution in [0.25, 0.3) is 11.0 Å². The molecule has 1 amide bonds. The Morgan fingerprint density at radius 3 is 2.49 bits per heavy atom. The van der Waals surface area contributed by atoms with Crippen molar-refractivity contribution in [2.75, 3.05) is 26.2 Å². The SMILES string of the molecule is Cl.O=C(O)C1CCN(CC(=O)N2CCc3c(n(Cc4cc(Cl)cc(Cl)c4)c4ncccc34)C2)CC1. The first-order valence-electron chi connectivity index (χ1n) is 11.5. The predicted octanol–water partition coefficient (Wildman–Crippen LogP) is 4.49. The third-order valence-corrected chi connectivity index (χ3v) is 7.36. The number of carboxylic acid groups (broad SMARTS) is 1. The number of amides is 1. The summed E-state index contributed by atoms with van der Waals surface area (Å²) in [6, 6.07) is 9.56. The Bertz CT molecular complexity index is 1230. The molecule has 1 saturated heterocycles. The number of aliphatic carboxylic acids is 1. The molecule has 5 rings (SSSR count). The Hall–Kier alpha value is -2.32. The highest BCUT2D eigenvalue weighted by Gasteiger charge is 2.30. The fraction of sp³-hybridized carbons (Fsp3) is 0.400. The fourth-order valence-corrected chi connectivity index (χ4v) is 5.73. The number of pyridine rings is 1. The van der Waals surface area contributed by atoms with E-state index in [2.05, 4.69) is 20.5 Å². The maximum atomic E-state index is 13.2. The maximum absolute atomic E-state index is 13.2. The van der Waals surface area contributed by atoms with E-state index in [1.807, 2.05) is 23.1 Å². The van der Waals surface area contributed by atoms with E-state index in [4.69, 9.17) is 23.2 Å². The van der Waals surface area contributed by atoms with Gasteiger partial charge in [-0.25, -0.2) is 4.98 Å². The number of nitrogens with zero attached hydrogens (tertiary/aromatic N) is 4. The lowest BCUT2D eigenvalue weighted by molar-refractivity contribution is -0.143. The van der Waals surface area contributed by atoms with Crippen molar-refractivity contribution >= 4 is 58.5 Å². The van der Waals surface area contributed by atoms with Crippen LogP contribution in [0.5, 0.6) is 0 Å². The van der Waals surface area contributed by atoms with E-state index in [1.165, 1.54) is 5.56 Å².